The minimum absolute atomic E-state index is 0.0836. The van der Waals surface area contributed by atoms with E-state index in [1.165, 1.54) is 16.7 Å². The Labute approximate surface area is 154 Å². The predicted molar refractivity (Wildman–Crippen MR) is 100.0 cm³/mol. The molecule has 0 bridgehead atoms. The predicted octanol–water partition coefficient (Wildman–Crippen LogP) is 4.49. The first kappa shape index (κ1) is 16.4. The first-order valence-corrected chi connectivity index (χ1v) is 9.21. The van der Waals surface area contributed by atoms with Crippen molar-refractivity contribution < 1.29 is 9.59 Å². The monoisotopic (exact) mass is 452 g/mol. The van der Waals surface area contributed by atoms with Crippen LogP contribution in [-0.2, 0) is 4.79 Å². The van der Waals surface area contributed by atoms with Gasteiger partial charge in [-0.15, -0.1) is 0 Å². The van der Waals surface area contributed by atoms with E-state index in [2.05, 4.69) is 36.9 Å². The molecule has 2 aromatic rings. The maximum atomic E-state index is 12.3. The second-order valence-corrected chi connectivity index (χ2v) is 7.47. The number of carbonyl (C=O) groups is 2. The Hall–Kier alpha value is -1.44. The van der Waals surface area contributed by atoms with Gasteiger partial charge in [-0.25, -0.2) is 0 Å². The van der Waals surface area contributed by atoms with E-state index < -0.39 is 0 Å². The number of anilines is 1. The molecule has 0 aliphatic carbocycles. The van der Waals surface area contributed by atoms with Gasteiger partial charge in [-0.3, -0.25) is 14.5 Å². The number of thioether (sulfide) groups is 1. The fourth-order valence-corrected chi connectivity index (χ4v) is 3.43. The molecular weight excluding hydrogens is 444 g/mol. The zero-order valence-electron chi connectivity index (χ0n) is 11.7. The van der Waals surface area contributed by atoms with E-state index in [0.29, 0.717) is 16.4 Å². The minimum atomic E-state index is -0.364. The number of hydrogen-bond donors (Lipinski definition) is 0. The topological polar surface area (TPSA) is 49.7 Å². The summed E-state index contributed by atoms with van der Waals surface area (Å²) in [5.41, 5.74) is 1.18. The molecule has 0 spiro atoms. The van der Waals surface area contributed by atoms with Gasteiger partial charge in [-0.1, -0.05) is 43.6 Å². The van der Waals surface area contributed by atoms with Gasteiger partial charge >= 0.3 is 0 Å². The molecule has 2 amide bonds. The SMILES string of the molecule is O=C(N=C1SCC(=O)N1c1ccc(Br)cc1)c1ccc(Br)cc1. The third-order valence-corrected chi connectivity index (χ3v) is 5.12. The van der Waals surface area contributed by atoms with Crippen LogP contribution in [0.1, 0.15) is 10.4 Å². The van der Waals surface area contributed by atoms with Crippen molar-refractivity contribution in [3.63, 3.8) is 0 Å². The van der Waals surface area contributed by atoms with E-state index in [1.807, 2.05) is 24.3 Å². The van der Waals surface area contributed by atoms with Crippen molar-refractivity contribution in [2.45, 2.75) is 0 Å². The van der Waals surface area contributed by atoms with Crippen molar-refractivity contribution in [3.8, 4) is 0 Å². The summed E-state index contributed by atoms with van der Waals surface area (Å²) in [4.78, 5) is 30.0. The number of aliphatic imine (C=N–C) groups is 1. The molecule has 0 atom stereocenters. The van der Waals surface area contributed by atoms with Gasteiger partial charge in [0.05, 0.1) is 11.4 Å². The van der Waals surface area contributed by atoms with Crippen molar-refractivity contribution in [2.75, 3.05) is 10.7 Å². The van der Waals surface area contributed by atoms with Gasteiger partial charge < -0.3 is 0 Å². The smallest absolute Gasteiger partial charge is 0.273 e. The number of amides is 2. The highest BCUT2D eigenvalue weighted by atomic mass is 79.9. The van der Waals surface area contributed by atoms with Crippen LogP contribution in [-0.4, -0.2) is 22.7 Å². The molecule has 1 fully saturated rings. The Morgan fingerprint density at radius 3 is 2.17 bits per heavy atom. The molecular formula is C16H10Br2N2O2S. The van der Waals surface area contributed by atoms with Crippen LogP contribution < -0.4 is 4.90 Å². The number of benzene rings is 2. The Balaban J connectivity index is 1.90. The molecule has 0 N–H and O–H groups in total. The molecule has 4 nitrogen and oxygen atoms in total. The normalized spacial score (nSPS) is 16.2. The molecule has 7 heteroatoms. The number of rotatable bonds is 2. The first-order chi connectivity index (χ1) is 11.0. The van der Waals surface area contributed by atoms with Gasteiger partial charge in [0.2, 0.25) is 5.91 Å². The number of halogens is 2. The molecule has 1 aliphatic heterocycles. The van der Waals surface area contributed by atoms with Crippen LogP contribution in [0.4, 0.5) is 5.69 Å². The van der Waals surface area contributed by atoms with E-state index in [4.69, 9.17) is 0 Å². The highest BCUT2D eigenvalue weighted by molar-refractivity contribution is 9.10. The van der Waals surface area contributed by atoms with Crippen molar-refractivity contribution in [1.29, 1.82) is 0 Å². The second-order valence-electron chi connectivity index (χ2n) is 4.70. The van der Waals surface area contributed by atoms with E-state index in [1.54, 1.807) is 24.3 Å². The maximum Gasteiger partial charge on any atom is 0.279 e. The molecule has 1 heterocycles. The standard InChI is InChI=1S/C16H10Br2N2O2S/c17-11-3-1-10(2-4-11)15(22)19-16-20(14(21)9-23-16)13-7-5-12(18)6-8-13/h1-8H,9H2. The zero-order chi connectivity index (χ0) is 16.4. The van der Waals surface area contributed by atoms with Crippen molar-refractivity contribution in [1.82, 2.24) is 0 Å². The van der Waals surface area contributed by atoms with Crippen molar-refractivity contribution in [3.05, 3.63) is 63.0 Å². The first-order valence-electron chi connectivity index (χ1n) is 6.64. The fourth-order valence-electron chi connectivity index (χ4n) is 2.03. The summed E-state index contributed by atoms with van der Waals surface area (Å²) in [6.45, 7) is 0. The Kier molecular flexibility index (Phi) is 4.99. The van der Waals surface area contributed by atoms with Crippen LogP contribution in [0.2, 0.25) is 0 Å². The largest absolute Gasteiger partial charge is 0.279 e. The number of nitrogens with zero attached hydrogens (tertiary/aromatic N) is 2. The number of amidine groups is 1. The Bertz CT molecular complexity index is 789. The van der Waals surface area contributed by atoms with Gasteiger partial charge in [0, 0.05) is 14.5 Å². The van der Waals surface area contributed by atoms with Gasteiger partial charge in [0.25, 0.3) is 5.91 Å². The van der Waals surface area contributed by atoms with Gasteiger partial charge in [-0.2, -0.15) is 4.99 Å². The Morgan fingerprint density at radius 1 is 1.00 bits per heavy atom. The van der Waals surface area contributed by atoms with Crippen molar-refractivity contribution >= 4 is 66.3 Å². The molecule has 1 saturated heterocycles. The van der Waals surface area contributed by atoms with E-state index in [-0.39, 0.29) is 17.6 Å². The fraction of sp³-hybridized carbons (Fsp3) is 0.0625. The third-order valence-electron chi connectivity index (χ3n) is 3.14. The lowest BCUT2D eigenvalue weighted by Gasteiger charge is -2.15. The third kappa shape index (κ3) is 3.73. The molecule has 116 valence electrons. The summed E-state index contributed by atoms with van der Waals surface area (Å²) in [7, 11) is 0. The molecule has 0 radical (unpaired) electrons. The lowest BCUT2D eigenvalue weighted by Crippen LogP contribution is -2.29. The summed E-state index contributed by atoms with van der Waals surface area (Å²) < 4.78 is 1.81. The molecule has 0 unspecified atom stereocenters. The summed E-state index contributed by atoms with van der Waals surface area (Å²) >= 11 is 7.96. The van der Waals surface area contributed by atoms with Crippen LogP contribution in [0.15, 0.2) is 62.5 Å². The summed E-state index contributed by atoms with van der Waals surface area (Å²) in [6, 6.07) is 14.3. The molecule has 23 heavy (non-hydrogen) atoms. The molecule has 3 rings (SSSR count). The van der Waals surface area contributed by atoms with Gasteiger partial charge in [0.15, 0.2) is 5.17 Å². The molecule has 2 aromatic carbocycles. The molecule has 0 saturated carbocycles. The Morgan fingerprint density at radius 2 is 1.57 bits per heavy atom. The molecule has 0 aromatic heterocycles. The van der Waals surface area contributed by atoms with Gasteiger partial charge in [-0.05, 0) is 48.5 Å². The highest BCUT2D eigenvalue weighted by Gasteiger charge is 2.30. The lowest BCUT2D eigenvalue weighted by molar-refractivity contribution is -0.115. The lowest BCUT2D eigenvalue weighted by atomic mass is 10.2. The zero-order valence-corrected chi connectivity index (χ0v) is 15.7. The number of carbonyl (C=O) groups excluding carboxylic acids is 2. The minimum Gasteiger partial charge on any atom is -0.273 e. The van der Waals surface area contributed by atoms with Crippen LogP contribution in [0.5, 0.6) is 0 Å². The van der Waals surface area contributed by atoms with Crippen LogP contribution in [0.25, 0.3) is 0 Å². The van der Waals surface area contributed by atoms with Crippen LogP contribution in [0.3, 0.4) is 0 Å². The molecule has 1 aliphatic rings. The average molecular weight is 454 g/mol. The summed E-state index contributed by atoms with van der Waals surface area (Å²) in [5, 5.41) is 0.408. The van der Waals surface area contributed by atoms with Gasteiger partial charge in [0.1, 0.15) is 0 Å². The average Bonchev–Trinajstić information content (AvgIpc) is 2.89. The van der Waals surface area contributed by atoms with E-state index in [9.17, 15) is 9.59 Å². The second kappa shape index (κ2) is 6.98. The quantitative estimate of drug-likeness (QED) is 0.673. The number of hydrogen-bond acceptors (Lipinski definition) is 3. The highest BCUT2D eigenvalue weighted by Crippen LogP contribution is 2.28. The van der Waals surface area contributed by atoms with Crippen LogP contribution >= 0.6 is 43.6 Å². The summed E-state index contributed by atoms with van der Waals surface area (Å²) in [5.74, 6) is -0.167. The maximum absolute atomic E-state index is 12.3. The summed E-state index contributed by atoms with van der Waals surface area (Å²) in [6.07, 6.45) is 0. The van der Waals surface area contributed by atoms with E-state index >= 15 is 0 Å². The van der Waals surface area contributed by atoms with Crippen LogP contribution in [0, 0.1) is 0 Å². The van der Waals surface area contributed by atoms with E-state index in [0.717, 1.165) is 8.95 Å². The van der Waals surface area contributed by atoms with Crippen molar-refractivity contribution in [2.24, 2.45) is 4.99 Å².